The van der Waals surface area contributed by atoms with Crippen molar-refractivity contribution in [2.75, 3.05) is 30.5 Å². The van der Waals surface area contributed by atoms with E-state index in [4.69, 9.17) is 11.6 Å². The molecule has 1 saturated heterocycles. The van der Waals surface area contributed by atoms with E-state index in [-0.39, 0.29) is 53.4 Å². The van der Waals surface area contributed by atoms with Crippen LogP contribution < -0.4 is 4.31 Å². The van der Waals surface area contributed by atoms with Gasteiger partial charge in [0.1, 0.15) is 10.7 Å². The van der Waals surface area contributed by atoms with Crippen LogP contribution in [0.3, 0.4) is 0 Å². The van der Waals surface area contributed by atoms with E-state index in [2.05, 4.69) is 0 Å². The van der Waals surface area contributed by atoms with Crippen molar-refractivity contribution in [3.63, 3.8) is 0 Å². The van der Waals surface area contributed by atoms with Crippen LogP contribution in [0.2, 0.25) is 5.02 Å². The number of halogens is 2. The standard InChI is InChI=1S/C32H29ClFN3O4S/c33-29-15-14-26(32(39)36-18-16-35(17-19-36)31(38)21-25-10-7-11-27(34)20-25)22-30(29)42(40,41)37(28-12-5-2-6-13-28)23-24-8-3-1-4-9-24/h1-15,20,22H,16-19,21,23H2. The largest absolute Gasteiger partial charge is 0.339 e. The number of carbonyl (C=O) groups is 2. The van der Waals surface area contributed by atoms with Gasteiger partial charge >= 0.3 is 0 Å². The van der Waals surface area contributed by atoms with Gasteiger partial charge in [0.2, 0.25) is 5.91 Å². The van der Waals surface area contributed by atoms with E-state index in [0.717, 1.165) is 5.56 Å². The summed E-state index contributed by atoms with van der Waals surface area (Å²) < 4.78 is 42.9. The van der Waals surface area contributed by atoms with Crippen molar-refractivity contribution in [3.8, 4) is 0 Å². The maximum Gasteiger partial charge on any atom is 0.266 e. The molecular formula is C32H29ClFN3O4S. The second kappa shape index (κ2) is 12.8. The third kappa shape index (κ3) is 6.64. The molecule has 1 aliphatic heterocycles. The van der Waals surface area contributed by atoms with Gasteiger partial charge in [0.15, 0.2) is 0 Å². The molecule has 216 valence electrons. The molecule has 1 fully saturated rings. The number of benzene rings is 4. The number of hydrogen-bond donors (Lipinski definition) is 0. The van der Waals surface area contributed by atoms with Gasteiger partial charge in [-0.05, 0) is 53.6 Å². The highest BCUT2D eigenvalue weighted by Gasteiger charge is 2.30. The topological polar surface area (TPSA) is 78.0 Å². The molecular weight excluding hydrogens is 577 g/mol. The molecule has 0 unspecified atom stereocenters. The van der Waals surface area contributed by atoms with Crippen LogP contribution in [0.25, 0.3) is 0 Å². The maximum atomic E-state index is 14.0. The highest BCUT2D eigenvalue weighted by Crippen LogP contribution is 2.31. The van der Waals surface area contributed by atoms with E-state index < -0.39 is 15.8 Å². The summed E-state index contributed by atoms with van der Waals surface area (Å²) in [5.74, 6) is -0.895. The van der Waals surface area contributed by atoms with Crippen LogP contribution in [-0.4, -0.2) is 56.2 Å². The van der Waals surface area contributed by atoms with Gasteiger partial charge in [-0.2, -0.15) is 0 Å². The number of hydrogen-bond acceptors (Lipinski definition) is 4. The molecule has 4 aromatic carbocycles. The van der Waals surface area contributed by atoms with Crippen LogP contribution in [0.1, 0.15) is 21.5 Å². The van der Waals surface area contributed by atoms with Crippen LogP contribution in [0.5, 0.6) is 0 Å². The molecule has 0 aliphatic carbocycles. The lowest BCUT2D eigenvalue weighted by Gasteiger charge is -2.35. The Morgan fingerprint density at radius 3 is 2.05 bits per heavy atom. The molecule has 1 aliphatic rings. The number of rotatable bonds is 8. The lowest BCUT2D eigenvalue weighted by atomic mass is 10.1. The number of anilines is 1. The zero-order chi connectivity index (χ0) is 29.7. The van der Waals surface area contributed by atoms with Gasteiger partial charge in [-0.25, -0.2) is 12.8 Å². The first kappa shape index (κ1) is 29.3. The molecule has 1 heterocycles. The van der Waals surface area contributed by atoms with Gasteiger partial charge in [0, 0.05) is 31.7 Å². The average molecular weight is 606 g/mol. The van der Waals surface area contributed by atoms with E-state index in [1.165, 1.54) is 34.6 Å². The Morgan fingerprint density at radius 1 is 0.762 bits per heavy atom. The van der Waals surface area contributed by atoms with E-state index >= 15 is 0 Å². The summed E-state index contributed by atoms with van der Waals surface area (Å²) in [6.45, 7) is 1.27. The van der Waals surface area contributed by atoms with Gasteiger partial charge < -0.3 is 9.80 Å². The summed E-state index contributed by atoms with van der Waals surface area (Å²) in [6, 6.07) is 28.1. The van der Waals surface area contributed by atoms with Crippen molar-refractivity contribution >= 4 is 39.1 Å². The highest BCUT2D eigenvalue weighted by molar-refractivity contribution is 7.93. The monoisotopic (exact) mass is 605 g/mol. The van der Waals surface area contributed by atoms with E-state index in [9.17, 15) is 22.4 Å². The molecule has 5 rings (SSSR count). The van der Waals surface area contributed by atoms with Crippen LogP contribution in [0.15, 0.2) is 108 Å². The third-order valence-electron chi connectivity index (χ3n) is 7.12. The SMILES string of the molecule is O=C(Cc1cccc(F)c1)N1CCN(C(=O)c2ccc(Cl)c(S(=O)(=O)N(Cc3ccccc3)c3ccccc3)c2)CC1. The number of sulfonamides is 1. The predicted octanol–water partition coefficient (Wildman–Crippen LogP) is 5.40. The minimum absolute atomic E-state index is 0.00769. The van der Waals surface area contributed by atoms with Gasteiger partial charge in [-0.3, -0.25) is 13.9 Å². The highest BCUT2D eigenvalue weighted by atomic mass is 35.5. The minimum atomic E-state index is -4.17. The summed E-state index contributed by atoms with van der Waals surface area (Å²) in [7, 11) is -4.17. The van der Waals surface area contributed by atoms with Crippen LogP contribution in [0.4, 0.5) is 10.1 Å². The van der Waals surface area contributed by atoms with Crippen LogP contribution in [0, 0.1) is 5.82 Å². The van der Waals surface area contributed by atoms with Gasteiger partial charge in [0.05, 0.1) is 23.7 Å². The number of piperazine rings is 1. The number of carbonyl (C=O) groups excluding carboxylic acids is 2. The van der Waals surface area contributed by atoms with E-state index in [1.807, 2.05) is 30.3 Å². The van der Waals surface area contributed by atoms with Crippen LogP contribution in [-0.2, 0) is 27.8 Å². The fourth-order valence-corrected chi connectivity index (χ4v) is 6.84. The van der Waals surface area contributed by atoms with Gasteiger partial charge in [-0.1, -0.05) is 72.3 Å². The smallest absolute Gasteiger partial charge is 0.266 e. The molecule has 0 saturated carbocycles. The Bertz CT molecular complexity index is 1680. The number of amides is 2. The summed E-state index contributed by atoms with van der Waals surface area (Å²) in [6.07, 6.45) is 0.0744. The van der Waals surface area contributed by atoms with Gasteiger partial charge in [-0.15, -0.1) is 0 Å². The molecule has 42 heavy (non-hydrogen) atoms. The maximum absolute atomic E-state index is 14.0. The molecule has 0 spiro atoms. The average Bonchev–Trinajstić information content (AvgIpc) is 3.00. The molecule has 2 amide bonds. The Kier molecular flexibility index (Phi) is 8.89. The van der Waals surface area contributed by atoms with Gasteiger partial charge in [0.25, 0.3) is 15.9 Å². The minimum Gasteiger partial charge on any atom is -0.339 e. The van der Waals surface area contributed by atoms with Crippen molar-refractivity contribution in [2.24, 2.45) is 0 Å². The zero-order valence-electron chi connectivity index (χ0n) is 22.7. The van der Waals surface area contributed by atoms with E-state index in [1.54, 1.807) is 52.3 Å². The van der Waals surface area contributed by atoms with E-state index in [0.29, 0.717) is 24.3 Å². The first-order valence-corrected chi connectivity index (χ1v) is 15.3. The van der Waals surface area contributed by atoms with Crippen molar-refractivity contribution in [1.29, 1.82) is 0 Å². The number of nitrogens with zero attached hydrogens (tertiary/aromatic N) is 3. The molecule has 0 bridgehead atoms. The second-order valence-electron chi connectivity index (χ2n) is 9.96. The molecule has 10 heteroatoms. The zero-order valence-corrected chi connectivity index (χ0v) is 24.3. The molecule has 0 radical (unpaired) electrons. The second-order valence-corrected chi connectivity index (χ2v) is 12.2. The molecule has 0 atom stereocenters. The molecule has 0 aromatic heterocycles. The third-order valence-corrected chi connectivity index (χ3v) is 9.38. The quantitative estimate of drug-likeness (QED) is 0.269. The predicted molar refractivity (Wildman–Crippen MR) is 160 cm³/mol. The lowest BCUT2D eigenvalue weighted by Crippen LogP contribution is -2.51. The summed E-state index contributed by atoms with van der Waals surface area (Å²) in [5.41, 5.74) is 2.03. The van der Waals surface area contributed by atoms with Crippen molar-refractivity contribution in [2.45, 2.75) is 17.9 Å². The Morgan fingerprint density at radius 2 is 1.38 bits per heavy atom. The Balaban J connectivity index is 1.33. The van der Waals surface area contributed by atoms with Crippen LogP contribution >= 0.6 is 11.6 Å². The van der Waals surface area contributed by atoms with Crippen molar-refractivity contribution in [3.05, 3.63) is 131 Å². The fourth-order valence-electron chi connectivity index (χ4n) is 4.89. The molecule has 7 nitrogen and oxygen atoms in total. The summed E-state index contributed by atoms with van der Waals surface area (Å²) in [5, 5.41) is 0.00769. The van der Waals surface area contributed by atoms with Crippen molar-refractivity contribution in [1.82, 2.24) is 9.80 Å². The van der Waals surface area contributed by atoms with Crippen molar-refractivity contribution < 1.29 is 22.4 Å². The first-order valence-electron chi connectivity index (χ1n) is 13.4. The Hall–Kier alpha value is -4.21. The lowest BCUT2D eigenvalue weighted by molar-refractivity contribution is -0.131. The normalized spacial score (nSPS) is 13.6. The fraction of sp³-hybridized carbons (Fsp3) is 0.188. The number of para-hydroxylation sites is 1. The summed E-state index contributed by atoms with van der Waals surface area (Å²) in [4.78, 5) is 29.3. The Labute approximate surface area is 249 Å². The molecule has 4 aromatic rings. The first-order chi connectivity index (χ1) is 20.2. The summed E-state index contributed by atoms with van der Waals surface area (Å²) >= 11 is 6.44. The molecule has 0 N–H and O–H groups in total.